The van der Waals surface area contributed by atoms with Crippen molar-refractivity contribution in [2.75, 3.05) is 39.9 Å². The molecule has 1 aromatic carbocycles. The molecule has 0 radical (unpaired) electrons. The predicted molar refractivity (Wildman–Crippen MR) is 230 cm³/mol. The number of allylic oxidation sites excluding steroid dienone is 4. The number of carbonyl (C=O) groups is 6. The van der Waals surface area contributed by atoms with E-state index in [1.165, 1.54) is 39.0 Å². The molecule has 2 N–H and O–H groups in total. The van der Waals surface area contributed by atoms with Crippen LogP contribution in [-0.4, -0.2) is 126 Å². The van der Waals surface area contributed by atoms with Gasteiger partial charge in [-0.1, -0.05) is 45.9 Å². The van der Waals surface area contributed by atoms with Crippen LogP contribution in [0.15, 0.2) is 47.5 Å². The summed E-state index contributed by atoms with van der Waals surface area (Å²) in [7, 11) is 1.49. The van der Waals surface area contributed by atoms with Gasteiger partial charge in [-0.25, -0.2) is 4.79 Å². The summed E-state index contributed by atoms with van der Waals surface area (Å²) in [6.07, 6.45) is 5.12. The summed E-state index contributed by atoms with van der Waals surface area (Å²) >= 11 is 0. The van der Waals surface area contributed by atoms with E-state index in [2.05, 4.69) is 5.32 Å². The quantitative estimate of drug-likeness (QED) is 0.357. The molecule has 9 atom stereocenters. The van der Waals surface area contributed by atoms with E-state index >= 15 is 0 Å². The van der Waals surface area contributed by atoms with Crippen LogP contribution in [-0.2, 0) is 38.0 Å². The molecule has 7 rings (SSSR count). The van der Waals surface area contributed by atoms with Crippen molar-refractivity contribution in [3.05, 3.63) is 69.8 Å². The van der Waals surface area contributed by atoms with Crippen molar-refractivity contribution in [1.29, 1.82) is 0 Å². The summed E-state index contributed by atoms with van der Waals surface area (Å²) < 4.78 is 42.3. The molecule has 2 amide bonds. The Balaban J connectivity index is 1.49. The number of hydrogen-bond acceptors (Lipinski definition) is 15. The van der Waals surface area contributed by atoms with Gasteiger partial charge in [0.1, 0.15) is 29.0 Å². The number of aromatic hydroxyl groups is 1. The minimum Gasteiger partial charge on any atom is -0.507 e. The van der Waals surface area contributed by atoms with Gasteiger partial charge in [0.05, 0.1) is 47.9 Å². The Kier molecular flexibility index (Phi) is 13.9. The van der Waals surface area contributed by atoms with Crippen molar-refractivity contribution < 1.29 is 67.0 Å². The number of nitrogens with one attached hydrogen (secondary N) is 1. The largest absolute Gasteiger partial charge is 0.507 e. The van der Waals surface area contributed by atoms with E-state index in [0.717, 1.165) is 0 Å². The molecule has 0 aromatic heterocycles. The van der Waals surface area contributed by atoms with Gasteiger partial charge >= 0.3 is 17.8 Å². The van der Waals surface area contributed by atoms with Gasteiger partial charge in [-0.05, 0) is 40.7 Å². The molecular weight excluding hydrogens is 831 g/mol. The van der Waals surface area contributed by atoms with Gasteiger partial charge in [-0.15, -0.1) is 0 Å². The van der Waals surface area contributed by atoms with Crippen molar-refractivity contribution in [2.45, 2.75) is 112 Å². The van der Waals surface area contributed by atoms with Crippen LogP contribution in [0, 0.1) is 30.6 Å². The third kappa shape index (κ3) is 8.94. The number of esters is 1. The maximum absolute atomic E-state index is 15.0. The number of ketones is 3. The number of amides is 2. The van der Waals surface area contributed by atoms with Crippen LogP contribution in [0.2, 0.25) is 0 Å². The first-order valence-electron chi connectivity index (χ1n) is 21.8. The fourth-order valence-corrected chi connectivity index (χ4v) is 9.39. The highest BCUT2D eigenvalue weighted by Crippen LogP contribution is 2.49. The van der Waals surface area contributed by atoms with E-state index in [9.17, 15) is 33.9 Å². The Hall–Kier alpha value is -5.52. The van der Waals surface area contributed by atoms with Crippen LogP contribution in [0.5, 0.6) is 11.5 Å². The Morgan fingerprint density at radius 1 is 0.891 bits per heavy atom. The third-order valence-corrected chi connectivity index (χ3v) is 12.8. The number of carbonyl (C=O) groups excluding carboxylic acids is 6. The topological polar surface area (TPSA) is 206 Å². The van der Waals surface area contributed by atoms with Gasteiger partial charge in [-0.2, -0.15) is 0 Å². The number of nitrogens with zero attached hydrogens (tertiary/aromatic N) is 2. The molecule has 17 heteroatoms. The number of hydrogen-bond donors (Lipinski definition) is 2. The molecule has 7 bridgehead atoms. The maximum atomic E-state index is 15.0. The van der Waals surface area contributed by atoms with Crippen molar-refractivity contribution in [3.8, 4) is 11.5 Å². The Morgan fingerprint density at radius 3 is 2.17 bits per heavy atom. The van der Waals surface area contributed by atoms with Crippen LogP contribution in [0.4, 0.5) is 4.79 Å². The first-order chi connectivity index (χ1) is 30.1. The molecule has 6 aliphatic rings. The fourth-order valence-electron chi connectivity index (χ4n) is 9.39. The fraction of sp³-hybridized carbons (Fsp3) is 0.574. The molecule has 5 heterocycles. The van der Waals surface area contributed by atoms with E-state index in [1.54, 1.807) is 37.0 Å². The van der Waals surface area contributed by atoms with Crippen molar-refractivity contribution in [2.24, 2.45) is 23.7 Å². The molecule has 5 aliphatic heterocycles. The standard InChI is InChI=1S/C47H61N3O14/c1-13-59-45(57)50-20-18-49(19-21-50)35-34-37(53)32-31(38(35)54)33-42(26(5)36(32)52)64-47(11,43(33)55)60-22-17-30(58-12)25(4)40(61-29(8)51)28(7)41-27(6)39(62-46(9,10)63-41)23(2)15-14-16-24(3)44(56)48-34/h14-17,22-23,25,27-28,30,39-41,52H,13,18-21H2,1-12H3,(H,48,56)/b15-14+,22-17+,24-16-/t23-,25+,27+,28+,30-,39-,40+,41+,47-/m0/s1. The third-order valence-electron chi connectivity index (χ3n) is 12.8. The maximum Gasteiger partial charge on any atom is 0.409 e. The average molecular weight is 892 g/mol. The summed E-state index contributed by atoms with van der Waals surface area (Å²) in [5.41, 5.74) is -1.59. The van der Waals surface area contributed by atoms with E-state index in [1.807, 2.05) is 47.6 Å². The molecule has 0 unspecified atom stereocenters. The van der Waals surface area contributed by atoms with Crippen LogP contribution in [0.1, 0.15) is 106 Å². The monoisotopic (exact) mass is 891 g/mol. The number of benzene rings is 1. The van der Waals surface area contributed by atoms with Crippen LogP contribution in [0.25, 0.3) is 0 Å². The second kappa shape index (κ2) is 18.5. The second-order valence-electron chi connectivity index (χ2n) is 17.8. The number of Topliss-reactive ketones (excluding diaryl/α,β-unsaturated/α-hetero) is 3. The molecule has 64 heavy (non-hydrogen) atoms. The molecule has 0 saturated carbocycles. The number of ether oxygens (including phenoxy) is 7. The summed E-state index contributed by atoms with van der Waals surface area (Å²) in [4.78, 5) is 86.6. The number of methoxy groups -OCH3 is 1. The van der Waals surface area contributed by atoms with Gasteiger partial charge in [-0.3, -0.25) is 24.0 Å². The first kappa shape index (κ1) is 47.9. The van der Waals surface area contributed by atoms with E-state index in [-0.39, 0.29) is 84.8 Å². The highest BCUT2D eigenvalue weighted by Gasteiger charge is 2.54. The predicted octanol–water partition coefficient (Wildman–Crippen LogP) is 5.53. The zero-order chi connectivity index (χ0) is 47.2. The SMILES string of the molecule is CCOC(=O)N1CCN(C2=C3NC(=O)/C(C)=C\C=C\[C@H](C)[C@@H]4OC(C)(C)O[C@@H]([C@H](C)[C@H](OC(C)=O)[C@H](C)[C@@H](OC)/C=C/O[C@@]5(C)Oc6c(C)c(O)c(c(c6C5=O)C2=O)C3=O)[C@@H]4C)CC1. The van der Waals surface area contributed by atoms with Crippen molar-refractivity contribution >= 4 is 35.3 Å². The zero-order valence-corrected chi connectivity index (χ0v) is 38.7. The lowest BCUT2D eigenvalue weighted by molar-refractivity contribution is -0.336. The van der Waals surface area contributed by atoms with Gasteiger partial charge in [0.15, 0.2) is 5.79 Å². The number of rotatable bonds is 4. The molecule has 348 valence electrons. The van der Waals surface area contributed by atoms with Crippen LogP contribution >= 0.6 is 0 Å². The minimum absolute atomic E-state index is 0.00647. The highest BCUT2D eigenvalue weighted by atomic mass is 16.7. The number of fused-ring (bicyclic) bond motifs is 10. The lowest BCUT2D eigenvalue weighted by Crippen LogP contribution is -2.56. The minimum atomic E-state index is -2.09. The van der Waals surface area contributed by atoms with Gasteiger partial charge < -0.3 is 53.4 Å². The summed E-state index contributed by atoms with van der Waals surface area (Å²) in [5, 5.41) is 14.3. The Labute approximate surface area is 373 Å². The summed E-state index contributed by atoms with van der Waals surface area (Å²) in [6.45, 7) is 19.3. The molecule has 1 aromatic rings. The zero-order valence-electron chi connectivity index (χ0n) is 38.7. The van der Waals surface area contributed by atoms with Crippen LogP contribution in [0.3, 0.4) is 0 Å². The van der Waals surface area contributed by atoms with Crippen molar-refractivity contribution in [3.63, 3.8) is 0 Å². The number of phenols is 1. The molecule has 0 spiro atoms. The highest BCUT2D eigenvalue weighted by molar-refractivity contribution is 6.32. The van der Waals surface area contributed by atoms with Gasteiger partial charge in [0.25, 0.3) is 11.7 Å². The molecular formula is C47H61N3O14. The Morgan fingerprint density at radius 2 is 1.55 bits per heavy atom. The molecule has 2 fully saturated rings. The van der Waals surface area contributed by atoms with Gasteiger partial charge in [0, 0.05) is 81.9 Å². The Bertz CT molecular complexity index is 2220. The smallest absolute Gasteiger partial charge is 0.409 e. The van der Waals surface area contributed by atoms with Crippen molar-refractivity contribution in [1.82, 2.24) is 15.1 Å². The number of phenolic OH excluding ortho intramolecular Hbond substituents is 1. The average Bonchev–Trinajstić information content (AvgIpc) is 3.50. The summed E-state index contributed by atoms with van der Waals surface area (Å²) in [6, 6.07) is 0. The van der Waals surface area contributed by atoms with E-state index in [0.29, 0.717) is 0 Å². The van der Waals surface area contributed by atoms with E-state index < -0.39 is 93.7 Å². The summed E-state index contributed by atoms with van der Waals surface area (Å²) in [5.74, 6) is -8.93. The second-order valence-corrected chi connectivity index (χ2v) is 17.8. The van der Waals surface area contributed by atoms with E-state index in [4.69, 9.17) is 33.2 Å². The lowest BCUT2D eigenvalue weighted by atomic mass is 9.77. The number of piperazine rings is 1. The van der Waals surface area contributed by atoms with Crippen LogP contribution < -0.4 is 10.1 Å². The normalized spacial score (nSPS) is 32.8. The molecule has 2 saturated heterocycles. The first-order valence-corrected chi connectivity index (χ1v) is 21.8. The molecule has 17 nitrogen and oxygen atoms in total. The lowest BCUT2D eigenvalue weighted by Gasteiger charge is -2.50. The van der Waals surface area contributed by atoms with Gasteiger partial charge in [0.2, 0.25) is 11.6 Å². The molecule has 1 aliphatic carbocycles.